The average Bonchev–Trinajstić information content (AvgIpc) is 3.03. The number of aryl methyl sites for hydroxylation is 1. The number of carbonyl (C=O) groups excluding carboxylic acids is 2. The van der Waals surface area contributed by atoms with E-state index in [1.54, 1.807) is 22.7 Å². The lowest BCUT2D eigenvalue weighted by molar-refractivity contribution is -0.149. The van der Waals surface area contributed by atoms with Crippen LogP contribution in [-0.4, -0.2) is 46.3 Å². The maximum Gasteiger partial charge on any atom is 0.310 e. The van der Waals surface area contributed by atoms with Gasteiger partial charge in [-0.25, -0.2) is 4.68 Å². The number of carbonyl (C=O) groups is 2. The fraction of sp³-hybridized carbons (Fsp3) is 0.450. The van der Waals surface area contributed by atoms with Crippen molar-refractivity contribution in [2.24, 2.45) is 5.92 Å². The van der Waals surface area contributed by atoms with Gasteiger partial charge in [0.25, 0.3) is 5.91 Å². The van der Waals surface area contributed by atoms with Crippen molar-refractivity contribution in [3.8, 4) is 5.69 Å². The number of aromatic nitrogens is 2. The Labute approximate surface area is 153 Å². The smallest absolute Gasteiger partial charge is 0.310 e. The topological polar surface area (TPSA) is 64.4 Å². The fourth-order valence-electron chi connectivity index (χ4n) is 3.42. The predicted octanol–water partition coefficient (Wildman–Crippen LogP) is 2.90. The molecular weight excluding hydrogens is 330 g/mol. The number of hydrogen-bond donors (Lipinski definition) is 0. The Morgan fingerprint density at radius 3 is 2.85 bits per heavy atom. The molecule has 1 aliphatic heterocycles. The molecule has 0 radical (unpaired) electrons. The van der Waals surface area contributed by atoms with E-state index in [4.69, 9.17) is 4.74 Å². The van der Waals surface area contributed by atoms with Crippen LogP contribution in [-0.2, 0) is 9.53 Å². The van der Waals surface area contributed by atoms with Crippen LogP contribution in [0.25, 0.3) is 5.69 Å². The van der Waals surface area contributed by atoms with E-state index in [2.05, 4.69) is 5.10 Å². The van der Waals surface area contributed by atoms with Gasteiger partial charge in [0.05, 0.1) is 35.7 Å². The van der Waals surface area contributed by atoms with Crippen molar-refractivity contribution in [1.29, 1.82) is 0 Å². The summed E-state index contributed by atoms with van der Waals surface area (Å²) in [6.07, 6.45) is 3.19. The first kappa shape index (κ1) is 18.2. The van der Waals surface area contributed by atoms with Crippen LogP contribution in [0.4, 0.5) is 0 Å². The van der Waals surface area contributed by atoms with E-state index in [0.29, 0.717) is 25.3 Å². The lowest BCUT2D eigenvalue weighted by Crippen LogP contribution is -2.43. The first-order chi connectivity index (χ1) is 12.5. The highest BCUT2D eigenvalue weighted by atomic mass is 16.5. The van der Waals surface area contributed by atoms with Crippen molar-refractivity contribution in [3.63, 3.8) is 0 Å². The molecule has 0 saturated carbocycles. The second-order valence-electron chi connectivity index (χ2n) is 6.74. The first-order valence-corrected chi connectivity index (χ1v) is 9.08. The molecule has 3 rings (SSSR count). The number of esters is 1. The molecule has 1 amide bonds. The second-order valence-corrected chi connectivity index (χ2v) is 6.74. The molecule has 0 spiro atoms. The molecule has 6 heteroatoms. The third-order valence-electron chi connectivity index (χ3n) is 4.81. The highest BCUT2D eigenvalue weighted by Gasteiger charge is 2.31. The zero-order valence-corrected chi connectivity index (χ0v) is 15.6. The predicted molar refractivity (Wildman–Crippen MR) is 98.3 cm³/mol. The monoisotopic (exact) mass is 355 g/mol. The van der Waals surface area contributed by atoms with Gasteiger partial charge in [-0.15, -0.1) is 0 Å². The number of amides is 1. The van der Waals surface area contributed by atoms with Crippen LogP contribution >= 0.6 is 0 Å². The average molecular weight is 355 g/mol. The van der Waals surface area contributed by atoms with Crippen LogP contribution in [0, 0.1) is 19.8 Å². The normalized spacial score (nSPS) is 17.2. The summed E-state index contributed by atoms with van der Waals surface area (Å²) in [5.41, 5.74) is 3.46. The molecule has 1 saturated heterocycles. The molecule has 1 aromatic heterocycles. The Morgan fingerprint density at radius 1 is 1.31 bits per heavy atom. The molecular formula is C20H25N3O3. The summed E-state index contributed by atoms with van der Waals surface area (Å²) in [7, 11) is 0. The molecule has 138 valence electrons. The third kappa shape index (κ3) is 3.64. The van der Waals surface area contributed by atoms with Gasteiger partial charge in [-0.1, -0.05) is 12.1 Å². The quantitative estimate of drug-likeness (QED) is 0.791. The Balaban J connectivity index is 1.79. The van der Waals surface area contributed by atoms with Crippen molar-refractivity contribution < 1.29 is 14.3 Å². The van der Waals surface area contributed by atoms with Crippen LogP contribution in [0.3, 0.4) is 0 Å². The van der Waals surface area contributed by atoms with Gasteiger partial charge < -0.3 is 9.64 Å². The molecule has 0 N–H and O–H groups in total. The maximum atomic E-state index is 13.0. The largest absolute Gasteiger partial charge is 0.466 e. The number of nitrogens with zero attached hydrogens (tertiary/aromatic N) is 3. The van der Waals surface area contributed by atoms with Gasteiger partial charge in [-0.05, 0) is 51.3 Å². The Kier molecular flexibility index (Phi) is 5.40. The minimum Gasteiger partial charge on any atom is -0.466 e. The van der Waals surface area contributed by atoms with Crippen molar-refractivity contribution in [1.82, 2.24) is 14.7 Å². The number of benzene rings is 1. The Morgan fingerprint density at radius 2 is 2.12 bits per heavy atom. The maximum absolute atomic E-state index is 13.0. The first-order valence-electron chi connectivity index (χ1n) is 9.08. The molecule has 1 aliphatic rings. The van der Waals surface area contributed by atoms with E-state index in [9.17, 15) is 9.59 Å². The molecule has 1 aromatic carbocycles. The van der Waals surface area contributed by atoms with Gasteiger partial charge in [0, 0.05) is 13.1 Å². The van der Waals surface area contributed by atoms with Crippen molar-refractivity contribution >= 4 is 11.9 Å². The summed E-state index contributed by atoms with van der Waals surface area (Å²) in [4.78, 5) is 26.7. The lowest BCUT2D eigenvalue weighted by Gasteiger charge is -2.31. The molecule has 0 unspecified atom stereocenters. The molecule has 1 atom stereocenters. The standard InChI is InChI=1S/C20H25N3O3/c1-4-26-20(25)16-8-6-10-22(13-16)19(24)18-12-21-23(15(18)3)17-9-5-7-14(2)11-17/h5,7,9,11-12,16H,4,6,8,10,13H2,1-3H3/t16-/m1/s1. The number of hydrogen-bond acceptors (Lipinski definition) is 4. The molecule has 2 aromatic rings. The van der Waals surface area contributed by atoms with E-state index in [1.165, 1.54) is 0 Å². The van der Waals surface area contributed by atoms with Gasteiger partial charge in [-0.3, -0.25) is 9.59 Å². The van der Waals surface area contributed by atoms with Gasteiger partial charge in [0.2, 0.25) is 0 Å². The van der Waals surface area contributed by atoms with Gasteiger partial charge in [0.1, 0.15) is 0 Å². The third-order valence-corrected chi connectivity index (χ3v) is 4.81. The zero-order valence-electron chi connectivity index (χ0n) is 15.6. The molecule has 1 fully saturated rings. The van der Waals surface area contributed by atoms with E-state index in [-0.39, 0.29) is 17.8 Å². The molecule has 0 bridgehead atoms. The van der Waals surface area contributed by atoms with E-state index >= 15 is 0 Å². The highest BCUT2D eigenvalue weighted by Crippen LogP contribution is 2.22. The SMILES string of the molecule is CCOC(=O)[C@@H]1CCCN(C(=O)c2cnn(-c3cccc(C)c3)c2C)C1. The zero-order chi connectivity index (χ0) is 18.7. The van der Waals surface area contributed by atoms with Gasteiger partial charge >= 0.3 is 5.97 Å². The summed E-state index contributed by atoms with van der Waals surface area (Å²) in [5, 5.41) is 4.40. The second kappa shape index (κ2) is 7.72. The highest BCUT2D eigenvalue weighted by molar-refractivity contribution is 5.95. The van der Waals surface area contributed by atoms with Crippen LogP contribution in [0.5, 0.6) is 0 Å². The summed E-state index contributed by atoms with van der Waals surface area (Å²) < 4.78 is 6.90. The van der Waals surface area contributed by atoms with Crippen LogP contribution in [0.15, 0.2) is 30.5 Å². The fourth-order valence-corrected chi connectivity index (χ4v) is 3.42. The minimum atomic E-state index is -0.236. The number of ether oxygens (including phenoxy) is 1. The summed E-state index contributed by atoms with van der Waals surface area (Å²) in [5.74, 6) is -0.521. The Hall–Kier alpha value is -2.63. The summed E-state index contributed by atoms with van der Waals surface area (Å²) in [6, 6.07) is 8.00. The molecule has 6 nitrogen and oxygen atoms in total. The molecule has 0 aliphatic carbocycles. The molecule has 2 heterocycles. The summed E-state index contributed by atoms with van der Waals surface area (Å²) >= 11 is 0. The summed E-state index contributed by atoms with van der Waals surface area (Å²) in [6.45, 7) is 7.15. The minimum absolute atomic E-state index is 0.0737. The van der Waals surface area contributed by atoms with Crippen LogP contribution in [0.1, 0.15) is 41.4 Å². The van der Waals surface area contributed by atoms with Gasteiger partial charge in [-0.2, -0.15) is 5.10 Å². The van der Waals surface area contributed by atoms with E-state index < -0.39 is 0 Å². The van der Waals surface area contributed by atoms with Crippen LogP contribution < -0.4 is 0 Å². The number of rotatable bonds is 4. The van der Waals surface area contributed by atoms with Crippen molar-refractivity contribution in [3.05, 3.63) is 47.3 Å². The van der Waals surface area contributed by atoms with Crippen molar-refractivity contribution in [2.45, 2.75) is 33.6 Å². The van der Waals surface area contributed by atoms with Gasteiger partial charge in [0.15, 0.2) is 0 Å². The van der Waals surface area contributed by atoms with Crippen LogP contribution in [0.2, 0.25) is 0 Å². The molecule has 26 heavy (non-hydrogen) atoms. The Bertz CT molecular complexity index is 812. The lowest BCUT2D eigenvalue weighted by atomic mass is 9.97. The number of piperidine rings is 1. The van der Waals surface area contributed by atoms with E-state index in [1.807, 2.05) is 38.1 Å². The van der Waals surface area contributed by atoms with E-state index in [0.717, 1.165) is 29.8 Å². The van der Waals surface area contributed by atoms with Crippen molar-refractivity contribution in [2.75, 3.05) is 19.7 Å². The number of likely N-dealkylation sites (tertiary alicyclic amines) is 1.